The molecule has 1 heterocycles. The van der Waals surface area contributed by atoms with Crippen LogP contribution in [0.2, 0.25) is 0 Å². The zero-order valence-electron chi connectivity index (χ0n) is 8.26. The lowest BCUT2D eigenvalue weighted by Crippen LogP contribution is -2.31. The van der Waals surface area contributed by atoms with E-state index in [9.17, 15) is 4.79 Å². The number of amides is 1. The van der Waals surface area contributed by atoms with Crippen LogP contribution >= 0.6 is 15.9 Å². The first-order chi connectivity index (χ1) is 6.24. The van der Waals surface area contributed by atoms with E-state index in [0.717, 1.165) is 43.6 Å². The summed E-state index contributed by atoms with van der Waals surface area (Å²) in [5.41, 5.74) is 0. The second-order valence-electron chi connectivity index (χ2n) is 3.86. The van der Waals surface area contributed by atoms with Gasteiger partial charge in [-0.25, -0.2) is 0 Å². The van der Waals surface area contributed by atoms with Crippen LogP contribution in [0.25, 0.3) is 0 Å². The van der Waals surface area contributed by atoms with E-state index in [1.54, 1.807) is 0 Å². The molecule has 0 saturated carbocycles. The summed E-state index contributed by atoms with van der Waals surface area (Å²) in [6, 6.07) is 0. The van der Waals surface area contributed by atoms with Crippen molar-refractivity contribution in [1.82, 2.24) is 4.90 Å². The van der Waals surface area contributed by atoms with Crippen molar-refractivity contribution in [1.29, 1.82) is 0 Å². The first kappa shape index (κ1) is 11.0. The van der Waals surface area contributed by atoms with Crippen LogP contribution in [-0.2, 0) is 4.79 Å². The van der Waals surface area contributed by atoms with Gasteiger partial charge in [0.25, 0.3) is 0 Å². The fraction of sp³-hybridized carbons (Fsp3) is 0.900. The minimum Gasteiger partial charge on any atom is -0.343 e. The van der Waals surface area contributed by atoms with Gasteiger partial charge in [-0.05, 0) is 25.2 Å². The molecular weight excluding hydrogens is 230 g/mol. The maximum Gasteiger partial charge on any atom is 0.222 e. The van der Waals surface area contributed by atoms with Gasteiger partial charge in [-0.1, -0.05) is 22.9 Å². The van der Waals surface area contributed by atoms with E-state index < -0.39 is 0 Å². The molecule has 1 aliphatic rings. The average molecular weight is 248 g/mol. The summed E-state index contributed by atoms with van der Waals surface area (Å²) in [5, 5.41) is 0.992. The van der Waals surface area contributed by atoms with E-state index >= 15 is 0 Å². The van der Waals surface area contributed by atoms with E-state index in [1.807, 2.05) is 4.90 Å². The van der Waals surface area contributed by atoms with E-state index in [0.29, 0.717) is 5.91 Å². The molecule has 3 heteroatoms. The molecule has 1 rings (SSSR count). The SMILES string of the molecule is CC1CCC(=O)N(CCCBr)CC1. The predicted octanol–water partition coefficient (Wildman–Crippen LogP) is 2.42. The lowest BCUT2D eigenvalue weighted by molar-refractivity contribution is -0.130. The van der Waals surface area contributed by atoms with Gasteiger partial charge < -0.3 is 4.90 Å². The van der Waals surface area contributed by atoms with Crippen molar-refractivity contribution in [3.8, 4) is 0 Å². The van der Waals surface area contributed by atoms with E-state index in [4.69, 9.17) is 0 Å². The van der Waals surface area contributed by atoms with Gasteiger partial charge in [-0.3, -0.25) is 4.79 Å². The normalized spacial score (nSPS) is 24.6. The van der Waals surface area contributed by atoms with Crippen LogP contribution in [-0.4, -0.2) is 29.2 Å². The largest absolute Gasteiger partial charge is 0.343 e. The number of nitrogens with zero attached hydrogens (tertiary/aromatic N) is 1. The van der Waals surface area contributed by atoms with Crippen LogP contribution in [0.3, 0.4) is 0 Å². The molecule has 0 aromatic rings. The van der Waals surface area contributed by atoms with Gasteiger partial charge in [0, 0.05) is 24.8 Å². The van der Waals surface area contributed by atoms with Crippen molar-refractivity contribution >= 4 is 21.8 Å². The van der Waals surface area contributed by atoms with E-state index in [2.05, 4.69) is 22.9 Å². The molecule has 2 nitrogen and oxygen atoms in total. The Morgan fingerprint density at radius 2 is 2.31 bits per heavy atom. The van der Waals surface area contributed by atoms with Crippen LogP contribution in [0.4, 0.5) is 0 Å². The molecule has 1 aliphatic heterocycles. The third kappa shape index (κ3) is 3.67. The number of hydrogen-bond acceptors (Lipinski definition) is 1. The Morgan fingerprint density at radius 3 is 3.00 bits per heavy atom. The molecule has 1 atom stereocenters. The first-order valence-electron chi connectivity index (χ1n) is 5.07. The van der Waals surface area contributed by atoms with Crippen molar-refractivity contribution in [2.24, 2.45) is 5.92 Å². The summed E-state index contributed by atoms with van der Waals surface area (Å²) in [6.07, 6.45) is 4.07. The summed E-state index contributed by atoms with van der Waals surface area (Å²) >= 11 is 3.39. The Morgan fingerprint density at radius 1 is 1.54 bits per heavy atom. The zero-order chi connectivity index (χ0) is 9.68. The summed E-state index contributed by atoms with van der Waals surface area (Å²) in [5.74, 6) is 1.07. The number of likely N-dealkylation sites (tertiary alicyclic amines) is 1. The van der Waals surface area contributed by atoms with Crippen molar-refractivity contribution in [2.75, 3.05) is 18.4 Å². The molecule has 0 aromatic heterocycles. The van der Waals surface area contributed by atoms with E-state index in [-0.39, 0.29) is 0 Å². The van der Waals surface area contributed by atoms with Gasteiger partial charge >= 0.3 is 0 Å². The molecule has 1 saturated heterocycles. The molecule has 1 unspecified atom stereocenters. The topological polar surface area (TPSA) is 20.3 Å². The van der Waals surface area contributed by atoms with Crippen molar-refractivity contribution in [3.05, 3.63) is 0 Å². The minimum atomic E-state index is 0.352. The summed E-state index contributed by atoms with van der Waals surface area (Å²) < 4.78 is 0. The van der Waals surface area contributed by atoms with Gasteiger partial charge in [0.15, 0.2) is 0 Å². The predicted molar refractivity (Wildman–Crippen MR) is 58.0 cm³/mol. The molecule has 0 aromatic carbocycles. The smallest absolute Gasteiger partial charge is 0.222 e. The summed E-state index contributed by atoms with van der Waals surface area (Å²) in [7, 11) is 0. The summed E-state index contributed by atoms with van der Waals surface area (Å²) in [6.45, 7) is 4.13. The number of carbonyl (C=O) groups excluding carboxylic acids is 1. The Hall–Kier alpha value is -0.0500. The fourth-order valence-corrected chi connectivity index (χ4v) is 1.91. The number of carbonyl (C=O) groups is 1. The number of alkyl halides is 1. The van der Waals surface area contributed by atoms with Gasteiger partial charge in [-0.2, -0.15) is 0 Å². The first-order valence-corrected chi connectivity index (χ1v) is 6.20. The second-order valence-corrected chi connectivity index (χ2v) is 4.65. The Balaban J connectivity index is 2.38. The Labute approximate surface area is 88.8 Å². The highest BCUT2D eigenvalue weighted by Gasteiger charge is 2.19. The number of rotatable bonds is 3. The highest BCUT2D eigenvalue weighted by Crippen LogP contribution is 2.17. The maximum absolute atomic E-state index is 11.6. The highest BCUT2D eigenvalue weighted by atomic mass is 79.9. The molecule has 13 heavy (non-hydrogen) atoms. The van der Waals surface area contributed by atoms with Crippen molar-refractivity contribution < 1.29 is 4.79 Å². The molecule has 0 radical (unpaired) electrons. The van der Waals surface area contributed by atoms with Crippen molar-refractivity contribution in [3.63, 3.8) is 0 Å². The van der Waals surface area contributed by atoms with Gasteiger partial charge in [0.1, 0.15) is 0 Å². The average Bonchev–Trinajstić information content (AvgIpc) is 2.28. The van der Waals surface area contributed by atoms with Crippen LogP contribution in [0.1, 0.15) is 32.6 Å². The molecule has 76 valence electrons. The highest BCUT2D eigenvalue weighted by molar-refractivity contribution is 9.09. The molecular formula is C10H18BrNO. The third-order valence-electron chi connectivity index (χ3n) is 2.66. The Kier molecular flexibility index (Phi) is 4.78. The minimum absolute atomic E-state index is 0.352. The lowest BCUT2D eigenvalue weighted by Gasteiger charge is -2.19. The molecule has 1 amide bonds. The fourth-order valence-electron chi connectivity index (χ4n) is 1.66. The van der Waals surface area contributed by atoms with Gasteiger partial charge in [-0.15, -0.1) is 0 Å². The third-order valence-corrected chi connectivity index (χ3v) is 3.22. The maximum atomic E-state index is 11.6. The quantitative estimate of drug-likeness (QED) is 0.702. The monoisotopic (exact) mass is 247 g/mol. The lowest BCUT2D eigenvalue weighted by atomic mass is 10.0. The van der Waals surface area contributed by atoms with Crippen LogP contribution in [0.15, 0.2) is 0 Å². The number of hydrogen-bond donors (Lipinski definition) is 0. The number of halogens is 1. The molecule has 0 aliphatic carbocycles. The van der Waals surface area contributed by atoms with E-state index in [1.165, 1.54) is 6.42 Å². The van der Waals surface area contributed by atoms with Crippen LogP contribution < -0.4 is 0 Å². The van der Waals surface area contributed by atoms with Gasteiger partial charge in [0.05, 0.1) is 0 Å². The Bertz CT molecular complexity index is 172. The van der Waals surface area contributed by atoms with Crippen LogP contribution in [0, 0.1) is 5.92 Å². The van der Waals surface area contributed by atoms with Gasteiger partial charge in [0.2, 0.25) is 5.91 Å². The van der Waals surface area contributed by atoms with Crippen LogP contribution in [0.5, 0.6) is 0 Å². The molecule has 0 spiro atoms. The molecule has 0 N–H and O–H groups in total. The molecule has 1 fully saturated rings. The summed E-state index contributed by atoms with van der Waals surface area (Å²) in [4.78, 5) is 13.6. The zero-order valence-corrected chi connectivity index (χ0v) is 9.85. The molecule has 0 bridgehead atoms. The standard InChI is InChI=1S/C10H18BrNO/c1-9-3-4-10(13)12(8-5-9)7-2-6-11/h9H,2-8H2,1H3. The second kappa shape index (κ2) is 5.63. The van der Waals surface area contributed by atoms with Crippen molar-refractivity contribution in [2.45, 2.75) is 32.6 Å².